The number of imidazole rings is 1. The number of benzene rings is 1. The Balaban J connectivity index is 1.83. The van der Waals surface area contributed by atoms with Crippen LogP contribution in [0, 0.1) is 17.0 Å². The lowest BCUT2D eigenvalue weighted by Crippen LogP contribution is -2.03. The third kappa shape index (κ3) is 2.66. The fourth-order valence-corrected chi connectivity index (χ4v) is 2.01. The molecule has 0 radical (unpaired) electrons. The molecule has 1 aromatic carbocycles. The molecule has 21 heavy (non-hydrogen) atoms. The van der Waals surface area contributed by atoms with Crippen molar-refractivity contribution in [2.45, 2.75) is 13.5 Å². The first kappa shape index (κ1) is 13.0. The van der Waals surface area contributed by atoms with Gasteiger partial charge >= 0.3 is 5.95 Å². The van der Waals surface area contributed by atoms with E-state index in [2.05, 4.69) is 10.1 Å². The van der Waals surface area contributed by atoms with Crippen molar-refractivity contribution in [3.63, 3.8) is 0 Å². The minimum Gasteiger partial charge on any atom is -0.390 e. The molecule has 0 aliphatic rings. The fraction of sp³-hybridized carbons (Fsp3) is 0.143. The van der Waals surface area contributed by atoms with E-state index in [4.69, 9.17) is 4.52 Å². The molecular formula is C14H12N4O3. The zero-order chi connectivity index (χ0) is 14.8. The highest BCUT2D eigenvalue weighted by Gasteiger charge is 2.16. The van der Waals surface area contributed by atoms with Gasteiger partial charge in [0.15, 0.2) is 5.76 Å². The first-order chi connectivity index (χ1) is 10.1. The maximum absolute atomic E-state index is 10.8. The second-order valence-corrected chi connectivity index (χ2v) is 4.66. The van der Waals surface area contributed by atoms with Crippen LogP contribution in [0.4, 0.5) is 5.95 Å². The number of nitro groups is 1. The number of aryl methyl sites for hydroxylation is 1. The molecule has 0 atom stereocenters. The Morgan fingerprint density at radius 3 is 2.81 bits per heavy atom. The van der Waals surface area contributed by atoms with E-state index in [1.165, 1.54) is 17.0 Å². The van der Waals surface area contributed by atoms with Gasteiger partial charge < -0.3 is 14.6 Å². The van der Waals surface area contributed by atoms with Crippen LogP contribution in [0.25, 0.3) is 11.3 Å². The van der Waals surface area contributed by atoms with Crippen LogP contribution in [0.5, 0.6) is 0 Å². The van der Waals surface area contributed by atoms with Gasteiger partial charge in [-0.1, -0.05) is 40.0 Å². The van der Waals surface area contributed by atoms with Gasteiger partial charge in [0.25, 0.3) is 0 Å². The Bertz CT molecular complexity index is 774. The largest absolute Gasteiger partial charge is 0.434 e. The van der Waals surface area contributed by atoms with Crippen LogP contribution in [0.15, 0.2) is 47.2 Å². The first-order valence-electron chi connectivity index (χ1n) is 6.31. The van der Waals surface area contributed by atoms with Crippen LogP contribution < -0.4 is 0 Å². The smallest absolute Gasteiger partial charge is 0.390 e. The lowest BCUT2D eigenvalue weighted by atomic mass is 10.1. The van der Waals surface area contributed by atoms with Crippen LogP contribution in [-0.4, -0.2) is 19.6 Å². The van der Waals surface area contributed by atoms with Crippen LogP contribution >= 0.6 is 0 Å². The average Bonchev–Trinajstić information content (AvgIpc) is 3.09. The molecule has 7 nitrogen and oxygen atoms in total. The summed E-state index contributed by atoms with van der Waals surface area (Å²) in [6, 6.07) is 9.66. The summed E-state index contributed by atoms with van der Waals surface area (Å²) in [6.45, 7) is 2.23. The molecular weight excluding hydrogens is 272 g/mol. The van der Waals surface area contributed by atoms with Crippen molar-refractivity contribution in [3.8, 4) is 11.3 Å². The molecule has 106 valence electrons. The molecule has 0 fully saturated rings. The number of aromatic nitrogens is 3. The normalized spacial score (nSPS) is 10.7. The summed E-state index contributed by atoms with van der Waals surface area (Å²) in [4.78, 5) is 14.0. The summed E-state index contributed by atoms with van der Waals surface area (Å²) in [5.74, 6) is 0.315. The van der Waals surface area contributed by atoms with Crippen LogP contribution in [0.3, 0.4) is 0 Å². The Morgan fingerprint density at radius 2 is 2.10 bits per heavy atom. The summed E-state index contributed by atoms with van der Waals surface area (Å²) in [5.41, 5.74) is 2.81. The summed E-state index contributed by atoms with van der Waals surface area (Å²) >= 11 is 0. The van der Waals surface area contributed by atoms with Crippen molar-refractivity contribution in [2.75, 3.05) is 0 Å². The number of nitrogens with zero attached hydrogens (tertiary/aromatic N) is 4. The van der Waals surface area contributed by atoms with E-state index >= 15 is 0 Å². The van der Waals surface area contributed by atoms with Gasteiger partial charge in [0, 0.05) is 11.6 Å². The van der Waals surface area contributed by atoms with Crippen molar-refractivity contribution >= 4 is 5.95 Å². The fourth-order valence-electron chi connectivity index (χ4n) is 2.01. The first-order valence-corrected chi connectivity index (χ1v) is 6.31. The molecule has 0 spiro atoms. The second kappa shape index (κ2) is 5.20. The Morgan fingerprint density at radius 1 is 1.33 bits per heavy atom. The molecule has 0 amide bonds. The number of hydrogen-bond acceptors (Lipinski definition) is 5. The highest BCUT2D eigenvalue weighted by atomic mass is 16.6. The van der Waals surface area contributed by atoms with E-state index < -0.39 is 4.92 Å². The molecule has 3 aromatic rings. The van der Waals surface area contributed by atoms with Crippen molar-refractivity contribution in [3.05, 3.63) is 64.2 Å². The summed E-state index contributed by atoms with van der Waals surface area (Å²) in [6.07, 6.45) is 2.92. The number of rotatable bonds is 4. The maximum Gasteiger partial charge on any atom is 0.434 e. The van der Waals surface area contributed by atoms with E-state index in [1.807, 2.05) is 31.2 Å². The zero-order valence-electron chi connectivity index (χ0n) is 11.3. The average molecular weight is 284 g/mol. The van der Waals surface area contributed by atoms with Crippen LogP contribution in [-0.2, 0) is 6.54 Å². The van der Waals surface area contributed by atoms with Crippen molar-refractivity contribution in [1.82, 2.24) is 14.7 Å². The molecule has 2 heterocycles. The summed E-state index contributed by atoms with van der Waals surface area (Å²) in [5, 5.41) is 14.8. The molecule has 0 aliphatic carbocycles. The molecule has 0 saturated carbocycles. The molecule has 7 heteroatoms. The van der Waals surface area contributed by atoms with Gasteiger partial charge in [-0.25, -0.2) is 4.57 Å². The van der Waals surface area contributed by atoms with Gasteiger partial charge in [-0.3, -0.25) is 0 Å². The van der Waals surface area contributed by atoms with Crippen molar-refractivity contribution in [1.29, 1.82) is 0 Å². The van der Waals surface area contributed by atoms with Gasteiger partial charge in [0.1, 0.15) is 24.6 Å². The molecule has 2 aromatic heterocycles. The highest BCUT2D eigenvalue weighted by molar-refractivity contribution is 5.59. The standard InChI is InChI=1S/C14H12N4O3/c1-10-2-4-11(5-3-10)13-8-12(21-16-13)9-17-7-6-15-14(17)18(19)20/h2-8H,9H2,1H3. The van der Waals surface area contributed by atoms with Gasteiger partial charge in [0.2, 0.25) is 0 Å². The summed E-state index contributed by atoms with van der Waals surface area (Å²) < 4.78 is 6.64. The lowest BCUT2D eigenvalue weighted by molar-refractivity contribution is -0.396. The van der Waals surface area contributed by atoms with E-state index in [1.54, 1.807) is 6.07 Å². The summed E-state index contributed by atoms with van der Waals surface area (Å²) in [7, 11) is 0. The van der Waals surface area contributed by atoms with E-state index in [-0.39, 0.29) is 12.5 Å². The Labute approximate surface area is 120 Å². The quantitative estimate of drug-likeness (QED) is 0.543. The number of hydrogen-bond donors (Lipinski definition) is 0. The third-order valence-corrected chi connectivity index (χ3v) is 3.09. The van der Waals surface area contributed by atoms with Gasteiger partial charge in [-0.15, -0.1) is 0 Å². The molecule has 0 saturated heterocycles. The predicted octanol–water partition coefficient (Wildman–Crippen LogP) is 2.80. The topological polar surface area (TPSA) is 87.0 Å². The van der Waals surface area contributed by atoms with E-state index in [0.29, 0.717) is 11.5 Å². The molecule has 3 rings (SSSR count). The molecule has 0 unspecified atom stereocenters. The minimum atomic E-state index is -0.531. The van der Waals surface area contributed by atoms with Crippen LogP contribution in [0.1, 0.15) is 11.3 Å². The predicted molar refractivity (Wildman–Crippen MR) is 74.7 cm³/mol. The monoisotopic (exact) mass is 284 g/mol. The van der Waals surface area contributed by atoms with E-state index in [0.717, 1.165) is 11.1 Å². The lowest BCUT2D eigenvalue weighted by Gasteiger charge is -1.97. The van der Waals surface area contributed by atoms with Gasteiger partial charge in [-0.2, -0.15) is 0 Å². The van der Waals surface area contributed by atoms with Crippen LogP contribution in [0.2, 0.25) is 0 Å². The van der Waals surface area contributed by atoms with E-state index in [9.17, 15) is 10.1 Å². The van der Waals surface area contributed by atoms with Crippen molar-refractivity contribution < 1.29 is 9.45 Å². The molecule has 0 bridgehead atoms. The van der Waals surface area contributed by atoms with Gasteiger partial charge in [0.05, 0.1) is 0 Å². The Kier molecular flexibility index (Phi) is 3.23. The molecule has 0 aliphatic heterocycles. The SMILES string of the molecule is Cc1ccc(-c2cc(Cn3ccnc3[N+](=O)[O-])on2)cc1. The Hall–Kier alpha value is -2.96. The molecule has 0 N–H and O–H groups in total. The zero-order valence-corrected chi connectivity index (χ0v) is 11.3. The second-order valence-electron chi connectivity index (χ2n) is 4.66. The maximum atomic E-state index is 10.8. The third-order valence-electron chi connectivity index (χ3n) is 3.09. The highest BCUT2D eigenvalue weighted by Crippen LogP contribution is 2.21. The van der Waals surface area contributed by atoms with Gasteiger partial charge in [-0.05, 0) is 11.8 Å². The minimum absolute atomic E-state index is 0.217. The van der Waals surface area contributed by atoms with Crippen molar-refractivity contribution in [2.24, 2.45) is 0 Å².